The number of piperidine rings is 1. The van der Waals surface area contributed by atoms with Crippen molar-refractivity contribution in [3.05, 3.63) is 23.8 Å². The summed E-state index contributed by atoms with van der Waals surface area (Å²) in [5.41, 5.74) is 3.35. The first-order chi connectivity index (χ1) is 9.40. The van der Waals surface area contributed by atoms with Crippen LogP contribution in [0.15, 0.2) is 23.8 Å². The van der Waals surface area contributed by atoms with E-state index in [1.54, 1.807) is 5.57 Å². The topological polar surface area (TPSA) is 3.24 Å². The normalized spacial score (nSPS) is 26.4. The largest absolute Gasteiger partial charge is 0.302 e. The van der Waals surface area contributed by atoms with E-state index < -0.39 is 0 Å². The molecule has 20 heavy (non-hydrogen) atoms. The van der Waals surface area contributed by atoms with E-state index in [1.807, 2.05) is 0 Å². The lowest BCUT2D eigenvalue weighted by atomic mass is 9.77. The standard InChI is InChI=1S/C19H33N/c1-15(2)19(4,5)14-20-12-10-17(11-13-20)18-9-7-6-8-16(18)3/h9,16-17H,1,6-8,10-14H2,2-5H3/t16-/m1/s1. The van der Waals surface area contributed by atoms with Gasteiger partial charge >= 0.3 is 0 Å². The monoisotopic (exact) mass is 275 g/mol. The molecule has 1 saturated heterocycles. The van der Waals surface area contributed by atoms with Crippen LogP contribution in [-0.4, -0.2) is 24.5 Å². The van der Waals surface area contributed by atoms with Gasteiger partial charge in [-0.1, -0.05) is 44.6 Å². The first-order valence-corrected chi connectivity index (χ1v) is 8.48. The average molecular weight is 275 g/mol. The van der Waals surface area contributed by atoms with Crippen molar-refractivity contribution >= 4 is 0 Å². The predicted octanol–water partition coefficient (Wildman–Crippen LogP) is 5.05. The fourth-order valence-electron chi connectivity index (χ4n) is 3.75. The zero-order chi connectivity index (χ0) is 14.8. The number of nitrogens with zero attached hydrogens (tertiary/aromatic N) is 1. The molecule has 1 aliphatic carbocycles. The van der Waals surface area contributed by atoms with E-state index in [9.17, 15) is 0 Å². The van der Waals surface area contributed by atoms with Crippen molar-refractivity contribution in [1.82, 2.24) is 4.90 Å². The Morgan fingerprint density at radius 2 is 1.95 bits per heavy atom. The molecule has 0 saturated carbocycles. The number of hydrogen-bond acceptors (Lipinski definition) is 1. The Labute approximate surface area is 126 Å². The lowest BCUT2D eigenvalue weighted by Crippen LogP contribution is -2.41. The molecule has 1 nitrogen and oxygen atoms in total. The second-order valence-corrected chi connectivity index (χ2v) is 7.75. The average Bonchev–Trinajstić information content (AvgIpc) is 2.40. The van der Waals surface area contributed by atoms with Gasteiger partial charge in [0.15, 0.2) is 0 Å². The maximum absolute atomic E-state index is 4.15. The molecule has 2 rings (SSSR count). The highest BCUT2D eigenvalue weighted by molar-refractivity contribution is 5.14. The molecule has 1 atom stereocenters. The maximum atomic E-state index is 4.15. The number of hydrogen-bond donors (Lipinski definition) is 0. The van der Waals surface area contributed by atoms with Crippen molar-refractivity contribution in [2.75, 3.05) is 19.6 Å². The van der Waals surface area contributed by atoms with Gasteiger partial charge in [-0.25, -0.2) is 0 Å². The minimum atomic E-state index is 0.254. The first-order valence-electron chi connectivity index (χ1n) is 8.48. The third-order valence-corrected chi connectivity index (χ3v) is 5.62. The van der Waals surface area contributed by atoms with Crippen LogP contribution in [0.2, 0.25) is 0 Å². The van der Waals surface area contributed by atoms with E-state index in [0.717, 1.165) is 11.8 Å². The fraction of sp³-hybridized carbons (Fsp3) is 0.789. The van der Waals surface area contributed by atoms with Crippen LogP contribution in [0.1, 0.15) is 59.8 Å². The second-order valence-electron chi connectivity index (χ2n) is 7.75. The molecule has 0 N–H and O–H groups in total. The van der Waals surface area contributed by atoms with E-state index >= 15 is 0 Å². The van der Waals surface area contributed by atoms with Gasteiger partial charge in [0.1, 0.15) is 0 Å². The van der Waals surface area contributed by atoms with Crippen LogP contribution in [0.5, 0.6) is 0 Å². The summed E-state index contributed by atoms with van der Waals surface area (Å²) in [7, 11) is 0. The Kier molecular flexibility index (Phi) is 5.12. The minimum Gasteiger partial charge on any atom is -0.302 e. The molecular formula is C19H33N. The highest BCUT2D eigenvalue weighted by atomic mass is 15.1. The molecule has 1 fully saturated rings. The SMILES string of the molecule is C=C(C)C(C)(C)CN1CCC(C2=CCCC[C@H]2C)CC1. The number of rotatable bonds is 4. The van der Waals surface area contributed by atoms with Gasteiger partial charge in [0.2, 0.25) is 0 Å². The third-order valence-electron chi connectivity index (χ3n) is 5.62. The molecule has 0 unspecified atom stereocenters. The van der Waals surface area contributed by atoms with Gasteiger partial charge in [-0.3, -0.25) is 0 Å². The van der Waals surface area contributed by atoms with Crippen molar-refractivity contribution in [3.63, 3.8) is 0 Å². The summed E-state index contributed by atoms with van der Waals surface area (Å²) in [5, 5.41) is 0. The van der Waals surface area contributed by atoms with Gasteiger partial charge in [-0.05, 0) is 69.4 Å². The molecule has 0 bridgehead atoms. The van der Waals surface area contributed by atoms with Gasteiger partial charge < -0.3 is 4.90 Å². The summed E-state index contributed by atoms with van der Waals surface area (Å²) < 4.78 is 0. The van der Waals surface area contributed by atoms with Gasteiger partial charge in [0, 0.05) is 6.54 Å². The molecule has 1 heterocycles. The zero-order valence-electron chi connectivity index (χ0n) is 14.0. The van der Waals surface area contributed by atoms with Crippen molar-refractivity contribution in [2.24, 2.45) is 17.3 Å². The van der Waals surface area contributed by atoms with Gasteiger partial charge in [0.05, 0.1) is 0 Å². The van der Waals surface area contributed by atoms with E-state index in [2.05, 4.69) is 45.2 Å². The Hall–Kier alpha value is -0.560. The van der Waals surface area contributed by atoms with Crippen molar-refractivity contribution in [2.45, 2.75) is 59.8 Å². The summed E-state index contributed by atoms with van der Waals surface area (Å²) in [4.78, 5) is 2.65. The van der Waals surface area contributed by atoms with Gasteiger partial charge in [-0.15, -0.1) is 0 Å². The molecule has 0 radical (unpaired) electrons. The lowest BCUT2D eigenvalue weighted by molar-refractivity contribution is 0.149. The molecule has 2 aliphatic rings. The summed E-state index contributed by atoms with van der Waals surface area (Å²) in [6.07, 6.45) is 9.42. The van der Waals surface area contributed by atoms with Crippen molar-refractivity contribution < 1.29 is 0 Å². The highest BCUT2D eigenvalue weighted by Gasteiger charge is 2.29. The van der Waals surface area contributed by atoms with Crippen LogP contribution in [0.25, 0.3) is 0 Å². The molecule has 114 valence electrons. The molecular weight excluding hydrogens is 242 g/mol. The van der Waals surface area contributed by atoms with Crippen LogP contribution in [-0.2, 0) is 0 Å². The van der Waals surface area contributed by atoms with E-state index in [1.165, 1.54) is 57.3 Å². The molecule has 0 aromatic heterocycles. The molecule has 0 aromatic carbocycles. The molecule has 0 spiro atoms. The second kappa shape index (κ2) is 6.47. The minimum absolute atomic E-state index is 0.254. The molecule has 1 heteroatoms. The molecule has 0 aromatic rings. The van der Waals surface area contributed by atoms with E-state index in [-0.39, 0.29) is 5.41 Å². The predicted molar refractivity (Wildman–Crippen MR) is 88.9 cm³/mol. The third kappa shape index (κ3) is 3.75. The zero-order valence-corrected chi connectivity index (χ0v) is 14.0. The van der Waals surface area contributed by atoms with Crippen molar-refractivity contribution in [1.29, 1.82) is 0 Å². The fourth-order valence-corrected chi connectivity index (χ4v) is 3.75. The lowest BCUT2D eigenvalue weighted by Gasteiger charge is -2.39. The van der Waals surface area contributed by atoms with Crippen LogP contribution < -0.4 is 0 Å². The Morgan fingerprint density at radius 1 is 1.30 bits per heavy atom. The number of allylic oxidation sites excluding steroid dienone is 2. The quantitative estimate of drug-likeness (QED) is 0.649. The number of likely N-dealkylation sites (tertiary alicyclic amines) is 1. The van der Waals surface area contributed by atoms with Crippen LogP contribution in [0.4, 0.5) is 0 Å². The molecule has 1 aliphatic heterocycles. The first kappa shape index (κ1) is 15.8. The summed E-state index contributed by atoms with van der Waals surface area (Å²) in [6.45, 7) is 17.1. The van der Waals surface area contributed by atoms with E-state index in [4.69, 9.17) is 0 Å². The highest BCUT2D eigenvalue weighted by Crippen LogP contribution is 2.36. The van der Waals surface area contributed by atoms with Crippen molar-refractivity contribution in [3.8, 4) is 0 Å². The van der Waals surface area contributed by atoms with Crippen LogP contribution >= 0.6 is 0 Å². The summed E-state index contributed by atoms with van der Waals surface area (Å²) >= 11 is 0. The smallest absolute Gasteiger partial charge is 0.00698 e. The van der Waals surface area contributed by atoms with Crippen LogP contribution in [0.3, 0.4) is 0 Å². The van der Waals surface area contributed by atoms with Gasteiger partial charge in [0.25, 0.3) is 0 Å². The Bertz CT molecular complexity index is 369. The summed E-state index contributed by atoms with van der Waals surface area (Å²) in [5.74, 6) is 1.71. The molecule has 0 amide bonds. The van der Waals surface area contributed by atoms with E-state index in [0.29, 0.717) is 0 Å². The Morgan fingerprint density at radius 3 is 2.50 bits per heavy atom. The Balaban J connectivity index is 1.86. The summed E-state index contributed by atoms with van der Waals surface area (Å²) in [6, 6.07) is 0. The van der Waals surface area contributed by atoms with Gasteiger partial charge in [-0.2, -0.15) is 0 Å². The van der Waals surface area contributed by atoms with Crippen LogP contribution in [0, 0.1) is 17.3 Å². The maximum Gasteiger partial charge on any atom is 0.00698 e.